The van der Waals surface area contributed by atoms with Crippen LogP contribution < -0.4 is 10.2 Å². The van der Waals surface area contributed by atoms with Gasteiger partial charge in [-0.3, -0.25) is 0 Å². The van der Waals surface area contributed by atoms with Crippen LogP contribution in [0.2, 0.25) is 0 Å². The summed E-state index contributed by atoms with van der Waals surface area (Å²) >= 11 is 3.48. The summed E-state index contributed by atoms with van der Waals surface area (Å²) in [5, 5.41) is 8.66. The molecule has 0 aromatic heterocycles. The second-order valence-corrected chi connectivity index (χ2v) is 3.95. The van der Waals surface area contributed by atoms with Gasteiger partial charge in [0.15, 0.2) is 0 Å². The number of benzene rings is 1. The molecule has 1 aromatic carbocycles. The third kappa shape index (κ3) is 2.08. The van der Waals surface area contributed by atoms with Crippen LogP contribution in [0.5, 0.6) is 5.75 Å². The van der Waals surface area contributed by atoms with Gasteiger partial charge >= 0.3 is 0 Å². The fraction of sp³-hybridized carbons (Fsp3) is 0.400. The van der Waals surface area contributed by atoms with Crippen molar-refractivity contribution < 1.29 is 9.94 Å². The lowest BCUT2D eigenvalue weighted by Gasteiger charge is -2.13. The number of hydrogen-bond acceptors (Lipinski definition) is 3. The van der Waals surface area contributed by atoms with Crippen molar-refractivity contribution >= 4 is 15.9 Å². The quantitative estimate of drug-likeness (QED) is 0.820. The minimum atomic E-state index is 0.440. The van der Waals surface area contributed by atoms with Crippen LogP contribution in [0.15, 0.2) is 10.5 Å². The van der Waals surface area contributed by atoms with Gasteiger partial charge in [0.05, 0.1) is 11.6 Å². The van der Waals surface area contributed by atoms with Crippen LogP contribution in [-0.2, 0) is 6.54 Å². The summed E-state index contributed by atoms with van der Waals surface area (Å²) in [4.78, 5) is 0. The molecule has 0 amide bonds. The Morgan fingerprint density at radius 3 is 2.64 bits per heavy atom. The fourth-order valence-corrected chi connectivity index (χ4v) is 2.17. The second kappa shape index (κ2) is 4.77. The number of hydrogen-bond donors (Lipinski definition) is 2. The van der Waals surface area contributed by atoms with E-state index in [2.05, 4.69) is 21.4 Å². The number of ether oxygens (including phenoxy) is 1. The summed E-state index contributed by atoms with van der Waals surface area (Å²) in [6.07, 6.45) is 0. The standard InChI is InChI=1S/C10H14BrNO2/c1-6-4-8(5-12-13)7(2)9(11)10(6)14-3/h4,12-13H,5H2,1-3H3. The molecule has 0 saturated carbocycles. The van der Waals surface area contributed by atoms with E-state index in [-0.39, 0.29) is 0 Å². The highest BCUT2D eigenvalue weighted by molar-refractivity contribution is 9.10. The first kappa shape index (κ1) is 11.5. The van der Waals surface area contributed by atoms with E-state index in [9.17, 15) is 0 Å². The van der Waals surface area contributed by atoms with Gasteiger partial charge in [0.25, 0.3) is 0 Å². The van der Waals surface area contributed by atoms with Crippen molar-refractivity contribution in [1.82, 2.24) is 5.48 Å². The molecule has 4 heteroatoms. The second-order valence-electron chi connectivity index (χ2n) is 3.16. The number of rotatable bonds is 3. The van der Waals surface area contributed by atoms with Crippen molar-refractivity contribution in [2.75, 3.05) is 7.11 Å². The average molecular weight is 260 g/mol. The Hall–Kier alpha value is -0.580. The van der Waals surface area contributed by atoms with E-state index in [1.807, 2.05) is 19.9 Å². The van der Waals surface area contributed by atoms with Gasteiger partial charge in [-0.2, -0.15) is 0 Å². The molecule has 0 radical (unpaired) electrons. The molecular weight excluding hydrogens is 246 g/mol. The van der Waals surface area contributed by atoms with E-state index in [4.69, 9.17) is 9.94 Å². The van der Waals surface area contributed by atoms with Crippen LogP contribution in [-0.4, -0.2) is 12.3 Å². The highest BCUT2D eigenvalue weighted by Crippen LogP contribution is 2.33. The third-order valence-electron chi connectivity index (χ3n) is 2.23. The summed E-state index contributed by atoms with van der Waals surface area (Å²) in [5.74, 6) is 0.851. The molecular formula is C10H14BrNO2. The normalized spacial score (nSPS) is 10.4. The maximum absolute atomic E-state index is 8.66. The van der Waals surface area contributed by atoms with Gasteiger partial charge in [-0.1, -0.05) is 6.07 Å². The van der Waals surface area contributed by atoms with E-state index in [0.717, 1.165) is 26.9 Å². The Morgan fingerprint density at radius 1 is 1.50 bits per heavy atom. The van der Waals surface area contributed by atoms with Crippen LogP contribution in [0, 0.1) is 13.8 Å². The fourth-order valence-electron chi connectivity index (χ4n) is 1.44. The SMILES string of the molecule is COc1c(C)cc(CNO)c(C)c1Br. The first-order valence-corrected chi connectivity index (χ1v) is 5.10. The highest BCUT2D eigenvalue weighted by atomic mass is 79.9. The lowest BCUT2D eigenvalue weighted by molar-refractivity contribution is 0.161. The topological polar surface area (TPSA) is 41.5 Å². The van der Waals surface area contributed by atoms with Crippen molar-refractivity contribution in [1.29, 1.82) is 0 Å². The Bertz CT molecular complexity index is 339. The van der Waals surface area contributed by atoms with Crippen molar-refractivity contribution in [3.05, 3.63) is 27.2 Å². The largest absolute Gasteiger partial charge is 0.495 e. The highest BCUT2D eigenvalue weighted by Gasteiger charge is 2.11. The van der Waals surface area contributed by atoms with Crippen molar-refractivity contribution in [2.45, 2.75) is 20.4 Å². The number of aryl methyl sites for hydroxylation is 1. The summed E-state index contributed by atoms with van der Waals surface area (Å²) < 4.78 is 6.21. The summed E-state index contributed by atoms with van der Waals surface area (Å²) in [5.41, 5.74) is 5.34. The van der Waals surface area contributed by atoms with Gasteiger partial charge in [0.1, 0.15) is 5.75 Å². The number of halogens is 1. The zero-order valence-electron chi connectivity index (χ0n) is 8.52. The van der Waals surface area contributed by atoms with Crippen LogP contribution in [0.25, 0.3) is 0 Å². The van der Waals surface area contributed by atoms with Gasteiger partial charge in [-0.25, -0.2) is 5.48 Å². The zero-order chi connectivity index (χ0) is 10.7. The molecule has 0 aliphatic rings. The van der Waals surface area contributed by atoms with Crippen molar-refractivity contribution in [3.63, 3.8) is 0 Å². The lowest BCUT2D eigenvalue weighted by atomic mass is 10.0. The molecule has 0 fully saturated rings. The Morgan fingerprint density at radius 2 is 2.14 bits per heavy atom. The Balaban J connectivity index is 3.25. The molecule has 1 aromatic rings. The number of hydroxylamine groups is 1. The van der Waals surface area contributed by atoms with Gasteiger partial charge in [-0.15, -0.1) is 0 Å². The third-order valence-corrected chi connectivity index (χ3v) is 3.19. The lowest BCUT2D eigenvalue weighted by Crippen LogP contribution is -2.08. The summed E-state index contributed by atoms with van der Waals surface area (Å²) in [7, 11) is 1.65. The maximum atomic E-state index is 8.66. The van der Waals surface area contributed by atoms with Crippen LogP contribution in [0.4, 0.5) is 0 Å². The molecule has 0 atom stereocenters. The Kier molecular flexibility index (Phi) is 3.92. The number of methoxy groups -OCH3 is 1. The van der Waals surface area contributed by atoms with Gasteiger partial charge < -0.3 is 9.94 Å². The first-order chi connectivity index (χ1) is 6.61. The van der Waals surface area contributed by atoms with Crippen molar-refractivity contribution in [2.24, 2.45) is 0 Å². The molecule has 3 nitrogen and oxygen atoms in total. The van der Waals surface area contributed by atoms with E-state index >= 15 is 0 Å². The van der Waals surface area contributed by atoms with Gasteiger partial charge in [-0.05, 0) is 46.5 Å². The average Bonchev–Trinajstić information content (AvgIpc) is 2.15. The van der Waals surface area contributed by atoms with Crippen LogP contribution in [0.1, 0.15) is 16.7 Å². The molecule has 0 spiro atoms. The molecule has 0 bridgehead atoms. The smallest absolute Gasteiger partial charge is 0.136 e. The molecule has 2 N–H and O–H groups in total. The van der Waals surface area contributed by atoms with Crippen LogP contribution in [0.3, 0.4) is 0 Å². The van der Waals surface area contributed by atoms with E-state index in [0.29, 0.717) is 6.54 Å². The predicted molar refractivity (Wildman–Crippen MR) is 58.8 cm³/mol. The molecule has 0 aliphatic heterocycles. The van der Waals surface area contributed by atoms with E-state index in [1.165, 1.54) is 0 Å². The van der Waals surface area contributed by atoms with Crippen LogP contribution >= 0.6 is 15.9 Å². The molecule has 0 aliphatic carbocycles. The summed E-state index contributed by atoms with van der Waals surface area (Å²) in [6.45, 7) is 4.40. The Labute approximate surface area is 92.2 Å². The van der Waals surface area contributed by atoms with Crippen molar-refractivity contribution in [3.8, 4) is 5.75 Å². The van der Waals surface area contributed by atoms with E-state index in [1.54, 1.807) is 7.11 Å². The number of nitrogens with one attached hydrogen (secondary N) is 1. The molecule has 78 valence electrons. The molecule has 0 unspecified atom stereocenters. The monoisotopic (exact) mass is 259 g/mol. The minimum absolute atomic E-state index is 0.440. The minimum Gasteiger partial charge on any atom is -0.495 e. The molecule has 14 heavy (non-hydrogen) atoms. The zero-order valence-corrected chi connectivity index (χ0v) is 10.1. The molecule has 1 rings (SSSR count). The maximum Gasteiger partial charge on any atom is 0.136 e. The summed E-state index contributed by atoms with van der Waals surface area (Å²) in [6, 6.07) is 2.00. The first-order valence-electron chi connectivity index (χ1n) is 4.31. The van der Waals surface area contributed by atoms with Gasteiger partial charge in [0, 0.05) is 6.54 Å². The van der Waals surface area contributed by atoms with E-state index < -0.39 is 0 Å². The molecule has 0 heterocycles. The van der Waals surface area contributed by atoms with Gasteiger partial charge in [0.2, 0.25) is 0 Å². The predicted octanol–water partition coefficient (Wildman–Crippen LogP) is 2.55. The molecule has 0 saturated heterocycles.